The molecule has 1 heterocycles. The predicted octanol–water partition coefficient (Wildman–Crippen LogP) is 2.87. The second-order valence-electron chi connectivity index (χ2n) is 6.54. The molecule has 2 N–H and O–H groups in total. The predicted molar refractivity (Wildman–Crippen MR) is 90.7 cm³/mol. The van der Waals surface area contributed by atoms with Crippen molar-refractivity contribution in [2.45, 2.75) is 59.8 Å². The van der Waals surface area contributed by atoms with E-state index in [0.29, 0.717) is 0 Å². The lowest BCUT2D eigenvalue weighted by molar-refractivity contribution is 0.174. The number of aliphatic hydroxyl groups excluding tert-OH is 1. The maximum Gasteiger partial charge on any atom is 0.193 e. The highest BCUT2D eigenvalue weighted by Crippen LogP contribution is 2.30. The number of aliphatic imine (C=N–C) groups is 1. The molecule has 4 nitrogen and oxygen atoms in total. The molecule has 1 aliphatic heterocycles. The Bertz CT molecular complexity index is 313. The van der Waals surface area contributed by atoms with Gasteiger partial charge < -0.3 is 15.3 Å². The molecule has 21 heavy (non-hydrogen) atoms. The fourth-order valence-corrected chi connectivity index (χ4v) is 3.19. The van der Waals surface area contributed by atoms with Crippen LogP contribution in [0.15, 0.2) is 4.99 Å². The van der Waals surface area contributed by atoms with E-state index in [0.717, 1.165) is 57.3 Å². The van der Waals surface area contributed by atoms with Crippen molar-refractivity contribution in [3.8, 4) is 0 Å². The minimum absolute atomic E-state index is 0.150. The van der Waals surface area contributed by atoms with E-state index in [4.69, 9.17) is 4.99 Å². The Morgan fingerprint density at radius 1 is 1.33 bits per heavy atom. The molecule has 1 fully saturated rings. The van der Waals surface area contributed by atoms with Crippen molar-refractivity contribution in [1.29, 1.82) is 0 Å². The second-order valence-corrected chi connectivity index (χ2v) is 6.54. The molecular weight excluding hydrogens is 262 g/mol. The number of likely N-dealkylation sites (tertiary alicyclic amines) is 1. The summed E-state index contributed by atoms with van der Waals surface area (Å²) in [6.07, 6.45) is 5.58. The summed E-state index contributed by atoms with van der Waals surface area (Å²) in [5.74, 6) is 1.82. The molecule has 0 aliphatic carbocycles. The van der Waals surface area contributed by atoms with Crippen LogP contribution in [0.25, 0.3) is 0 Å². The average molecular weight is 297 g/mol. The van der Waals surface area contributed by atoms with Gasteiger partial charge in [-0.3, -0.25) is 4.99 Å². The average Bonchev–Trinajstić information content (AvgIpc) is 2.50. The monoisotopic (exact) mass is 297 g/mol. The summed E-state index contributed by atoms with van der Waals surface area (Å²) in [6.45, 7) is 13.1. The summed E-state index contributed by atoms with van der Waals surface area (Å²) in [7, 11) is 0. The van der Waals surface area contributed by atoms with E-state index in [2.05, 4.69) is 37.9 Å². The summed E-state index contributed by atoms with van der Waals surface area (Å²) >= 11 is 0. The molecule has 1 aliphatic rings. The smallest absolute Gasteiger partial charge is 0.193 e. The van der Waals surface area contributed by atoms with Crippen LogP contribution in [0.2, 0.25) is 0 Å². The third-order valence-corrected chi connectivity index (χ3v) is 5.00. The van der Waals surface area contributed by atoms with E-state index < -0.39 is 0 Å². The zero-order chi connectivity index (χ0) is 15.7. The molecule has 0 aromatic carbocycles. The van der Waals surface area contributed by atoms with Crippen LogP contribution < -0.4 is 5.32 Å². The van der Waals surface area contributed by atoms with E-state index in [1.807, 2.05) is 0 Å². The molecule has 1 saturated heterocycles. The molecule has 1 rings (SSSR count). The lowest BCUT2D eigenvalue weighted by Gasteiger charge is -2.35. The molecule has 4 heteroatoms. The summed E-state index contributed by atoms with van der Waals surface area (Å²) in [5, 5.41) is 12.8. The standard InChI is InChI=1S/C17H35N3O/c1-5-17(6-2,10-12-21)14-19-16(18-7-3)20-11-8-9-15(4)13-20/h15,21H,5-14H2,1-4H3,(H,18,19). The molecule has 0 radical (unpaired) electrons. The van der Waals surface area contributed by atoms with Gasteiger partial charge in [0.2, 0.25) is 0 Å². The van der Waals surface area contributed by atoms with Crippen LogP contribution in [-0.4, -0.2) is 48.8 Å². The molecule has 0 aromatic rings. The zero-order valence-electron chi connectivity index (χ0n) is 14.5. The molecule has 0 amide bonds. The largest absolute Gasteiger partial charge is 0.396 e. The van der Waals surface area contributed by atoms with Crippen molar-refractivity contribution in [3.63, 3.8) is 0 Å². The Labute approximate surface area is 131 Å². The summed E-state index contributed by atoms with van der Waals surface area (Å²) < 4.78 is 0. The highest BCUT2D eigenvalue weighted by molar-refractivity contribution is 5.80. The van der Waals surface area contributed by atoms with Crippen molar-refractivity contribution < 1.29 is 5.11 Å². The van der Waals surface area contributed by atoms with Gasteiger partial charge in [0, 0.05) is 32.8 Å². The summed E-state index contributed by atoms with van der Waals surface area (Å²) in [4.78, 5) is 7.33. The van der Waals surface area contributed by atoms with Gasteiger partial charge in [-0.1, -0.05) is 20.8 Å². The Morgan fingerprint density at radius 2 is 2.05 bits per heavy atom. The maximum absolute atomic E-state index is 9.34. The second kappa shape index (κ2) is 9.29. The Morgan fingerprint density at radius 3 is 2.57 bits per heavy atom. The van der Waals surface area contributed by atoms with Crippen LogP contribution in [0.5, 0.6) is 0 Å². The Hall–Kier alpha value is -0.770. The number of hydrogen-bond acceptors (Lipinski definition) is 2. The van der Waals surface area contributed by atoms with Crippen molar-refractivity contribution in [2.75, 3.05) is 32.8 Å². The van der Waals surface area contributed by atoms with Gasteiger partial charge in [0.15, 0.2) is 5.96 Å². The quantitative estimate of drug-likeness (QED) is 0.561. The first-order valence-electron chi connectivity index (χ1n) is 8.75. The van der Waals surface area contributed by atoms with E-state index in [9.17, 15) is 5.11 Å². The molecule has 0 aromatic heterocycles. The summed E-state index contributed by atoms with van der Waals surface area (Å²) in [5.41, 5.74) is 0.150. The highest BCUT2D eigenvalue weighted by Gasteiger charge is 2.26. The van der Waals surface area contributed by atoms with Gasteiger partial charge >= 0.3 is 0 Å². The van der Waals surface area contributed by atoms with Crippen molar-refractivity contribution in [2.24, 2.45) is 16.3 Å². The Kier molecular flexibility index (Phi) is 8.09. The lowest BCUT2D eigenvalue weighted by Crippen LogP contribution is -2.46. The van der Waals surface area contributed by atoms with Crippen molar-refractivity contribution >= 4 is 5.96 Å². The molecule has 0 saturated carbocycles. The first-order chi connectivity index (χ1) is 10.1. The third kappa shape index (κ3) is 5.50. The van der Waals surface area contributed by atoms with Crippen LogP contribution in [0.1, 0.15) is 59.8 Å². The number of piperidine rings is 1. The lowest BCUT2D eigenvalue weighted by atomic mass is 9.79. The van der Waals surface area contributed by atoms with Gasteiger partial charge in [0.1, 0.15) is 0 Å². The van der Waals surface area contributed by atoms with E-state index in [1.165, 1.54) is 12.8 Å². The minimum atomic E-state index is 0.150. The molecule has 0 bridgehead atoms. The maximum atomic E-state index is 9.34. The van der Waals surface area contributed by atoms with E-state index in [1.54, 1.807) is 0 Å². The van der Waals surface area contributed by atoms with E-state index in [-0.39, 0.29) is 12.0 Å². The molecule has 124 valence electrons. The van der Waals surface area contributed by atoms with Crippen LogP contribution in [-0.2, 0) is 0 Å². The fourth-order valence-electron chi connectivity index (χ4n) is 3.19. The van der Waals surface area contributed by atoms with Crippen LogP contribution in [0, 0.1) is 11.3 Å². The third-order valence-electron chi connectivity index (χ3n) is 5.00. The molecule has 1 atom stereocenters. The van der Waals surface area contributed by atoms with Crippen molar-refractivity contribution in [3.05, 3.63) is 0 Å². The van der Waals surface area contributed by atoms with E-state index >= 15 is 0 Å². The number of rotatable bonds is 7. The van der Waals surface area contributed by atoms with Gasteiger partial charge in [-0.05, 0) is 50.4 Å². The molecule has 0 spiro atoms. The first-order valence-corrected chi connectivity index (χ1v) is 8.75. The number of hydrogen-bond donors (Lipinski definition) is 2. The Balaban J connectivity index is 2.77. The SMILES string of the molecule is CCNC(=NCC(CC)(CC)CCO)N1CCCC(C)C1. The number of nitrogens with zero attached hydrogens (tertiary/aromatic N) is 2. The topological polar surface area (TPSA) is 47.9 Å². The highest BCUT2D eigenvalue weighted by atomic mass is 16.3. The van der Waals surface area contributed by atoms with Gasteiger partial charge in [-0.2, -0.15) is 0 Å². The van der Waals surface area contributed by atoms with Gasteiger partial charge in [0.05, 0.1) is 0 Å². The summed E-state index contributed by atoms with van der Waals surface area (Å²) in [6, 6.07) is 0. The normalized spacial score (nSPS) is 20.7. The molecular formula is C17H35N3O. The first kappa shape index (κ1) is 18.3. The fraction of sp³-hybridized carbons (Fsp3) is 0.941. The van der Waals surface area contributed by atoms with Crippen molar-refractivity contribution in [1.82, 2.24) is 10.2 Å². The van der Waals surface area contributed by atoms with Gasteiger partial charge in [0.25, 0.3) is 0 Å². The zero-order valence-corrected chi connectivity index (χ0v) is 14.5. The van der Waals surface area contributed by atoms with Gasteiger partial charge in [-0.15, -0.1) is 0 Å². The number of nitrogens with one attached hydrogen (secondary N) is 1. The van der Waals surface area contributed by atoms with Crippen LogP contribution >= 0.6 is 0 Å². The van der Waals surface area contributed by atoms with Crippen LogP contribution in [0.4, 0.5) is 0 Å². The number of aliphatic hydroxyl groups is 1. The number of guanidine groups is 1. The van der Waals surface area contributed by atoms with Crippen LogP contribution in [0.3, 0.4) is 0 Å². The molecule has 1 unspecified atom stereocenters. The minimum Gasteiger partial charge on any atom is -0.396 e. The van der Waals surface area contributed by atoms with Gasteiger partial charge in [-0.25, -0.2) is 0 Å².